The van der Waals surface area contributed by atoms with E-state index in [0.29, 0.717) is 50.7 Å². The van der Waals surface area contributed by atoms with Crippen molar-refractivity contribution in [1.29, 1.82) is 0 Å². The maximum atomic E-state index is 10.3. The SMILES string of the molecule is CCCCONC(N)=N/N=C/c1c(Cl)cccc1Cl.CCCCONC(N)=NN.O=Cc1c(Cl)cccc1Cl. The first-order valence-corrected chi connectivity index (χ1v) is 13.2. The lowest BCUT2D eigenvalue weighted by atomic mass is 10.2. The molecule has 0 unspecified atom stereocenters. The average molecular weight is 624 g/mol. The van der Waals surface area contributed by atoms with Crippen molar-refractivity contribution in [2.24, 2.45) is 32.6 Å². The first-order valence-electron chi connectivity index (χ1n) is 11.7. The van der Waals surface area contributed by atoms with Gasteiger partial charge in [-0.2, -0.15) is 5.10 Å². The quantitative estimate of drug-likeness (QED) is 0.0562. The van der Waals surface area contributed by atoms with Gasteiger partial charge in [0.25, 0.3) is 0 Å². The van der Waals surface area contributed by atoms with E-state index in [-0.39, 0.29) is 11.9 Å². The maximum Gasteiger partial charge on any atom is 0.237 e. The summed E-state index contributed by atoms with van der Waals surface area (Å²) in [4.78, 5) is 20.2. The Hall–Kier alpha value is -2.80. The van der Waals surface area contributed by atoms with Crippen molar-refractivity contribution in [2.75, 3.05) is 13.2 Å². The average Bonchev–Trinajstić information content (AvgIpc) is 2.91. The Balaban J connectivity index is 0.000000610. The second kappa shape index (κ2) is 23.1. The summed E-state index contributed by atoms with van der Waals surface area (Å²) < 4.78 is 0. The number of nitrogens with zero attached hydrogens (tertiary/aromatic N) is 3. The summed E-state index contributed by atoms with van der Waals surface area (Å²) in [6.45, 7) is 5.32. The second-order valence-corrected chi connectivity index (χ2v) is 8.87. The van der Waals surface area contributed by atoms with E-state index < -0.39 is 0 Å². The molecule has 0 amide bonds. The van der Waals surface area contributed by atoms with Crippen LogP contribution in [0.4, 0.5) is 0 Å². The Kier molecular flexibility index (Phi) is 21.5. The van der Waals surface area contributed by atoms with Gasteiger partial charge in [-0.25, -0.2) is 11.0 Å². The number of rotatable bonds is 11. The van der Waals surface area contributed by atoms with Crippen molar-refractivity contribution in [2.45, 2.75) is 39.5 Å². The van der Waals surface area contributed by atoms with Crippen LogP contribution in [-0.4, -0.2) is 37.6 Å². The second-order valence-electron chi connectivity index (χ2n) is 7.24. The van der Waals surface area contributed by atoms with Crippen LogP contribution in [0.5, 0.6) is 0 Å². The van der Waals surface area contributed by atoms with E-state index in [2.05, 4.69) is 40.1 Å². The van der Waals surface area contributed by atoms with Crippen molar-refractivity contribution in [3.05, 3.63) is 67.6 Å². The zero-order chi connectivity index (χ0) is 29.5. The molecule has 0 aromatic heterocycles. The molecule has 0 spiro atoms. The maximum absolute atomic E-state index is 10.3. The van der Waals surface area contributed by atoms with Crippen molar-refractivity contribution < 1.29 is 14.5 Å². The third-order valence-corrected chi connectivity index (χ3v) is 5.48. The van der Waals surface area contributed by atoms with Crippen LogP contribution in [0.25, 0.3) is 0 Å². The van der Waals surface area contributed by atoms with E-state index in [9.17, 15) is 4.79 Å². The number of hydrogen-bond donors (Lipinski definition) is 5. The van der Waals surface area contributed by atoms with Crippen LogP contribution < -0.4 is 28.3 Å². The predicted octanol–water partition coefficient (Wildman–Crippen LogP) is 5.27. The molecule has 0 aliphatic heterocycles. The molecule has 0 heterocycles. The zero-order valence-corrected chi connectivity index (χ0v) is 24.7. The molecule has 2 aromatic rings. The third kappa shape index (κ3) is 17.4. The number of unbranched alkanes of at least 4 members (excludes halogenated alkanes) is 2. The van der Waals surface area contributed by atoms with Gasteiger partial charge < -0.3 is 17.3 Å². The first-order chi connectivity index (χ1) is 18.7. The van der Waals surface area contributed by atoms with E-state index in [1.807, 2.05) is 0 Å². The minimum absolute atomic E-state index is 0.0653. The zero-order valence-electron chi connectivity index (χ0n) is 21.7. The molecule has 216 valence electrons. The van der Waals surface area contributed by atoms with Gasteiger partial charge >= 0.3 is 0 Å². The number of guanidine groups is 2. The van der Waals surface area contributed by atoms with Gasteiger partial charge in [0.2, 0.25) is 11.9 Å². The lowest BCUT2D eigenvalue weighted by molar-refractivity contribution is 0.0816. The molecule has 2 aromatic carbocycles. The molecule has 39 heavy (non-hydrogen) atoms. The molecule has 0 aliphatic carbocycles. The molecule has 0 atom stereocenters. The molecule has 0 radical (unpaired) electrons. The summed E-state index contributed by atoms with van der Waals surface area (Å²) >= 11 is 23.2. The summed E-state index contributed by atoms with van der Waals surface area (Å²) in [5, 5.41) is 12.4. The number of carbonyl (C=O) groups is 1. The van der Waals surface area contributed by atoms with Gasteiger partial charge in [-0.3, -0.25) is 14.5 Å². The topological polar surface area (TPSA) is 175 Å². The van der Waals surface area contributed by atoms with Crippen LogP contribution >= 0.6 is 46.4 Å². The van der Waals surface area contributed by atoms with Gasteiger partial charge in [0, 0.05) is 5.56 Å². The molecular weight excluding hydrogens is 590 g/mol. The fraction of sp³-hybridized carbons (Fsp3) is 0.333. The molecule has 0 bridgehead atoms. The molecule has 8 N–H and O–H groups in total. The molecule has 0 saturated carbocycles. The third-order valence-electron chi connectivity index (χ3n) is 4.16. The molecule has 0 aliphatic rings. The smallest absolute Gasteiger partial charge is 0.237 e. The number of hydrogen-bond acceptors (Lipinski definition) is 7. The summed E-state index contributed by atoms with van der Waals surface area (Å²) in [5.41, 5.74) is 16.5. The molecule has 0 fully saturated rings. The normalized spacial score (nSPS) is 11.2. The number of halogens is 4. The Morgan fingerprint density at radius 1 is 0.821 bits per heavy atom. The molecule has 2 rings (SSSR count). The van der Waals surface area contributed by atoms with Crippen LogP contribution in [0.3, 0.4) is 0 Å². The molecule has 15 heteroatoms. The fourth-order valence-corrected chi connectivity index (χ4v) is 3.12. The number of nitrogens with one attached hydrogen (secondary N) is 2. The lowest BCUT2D eigenvalue weighted by Gasteiger charge is -2.03. The van der Waals surface area contributed by atoms with Gasteiger partial charge in [-0.1, -0.05) is 85.2 Å². The Bertz CT molecular complexity index is 1030. The van der Waals surface area contributed by atoms with Crippen molar-refractivity contribution in [3.8, 4) is 0 Å². The van der Waals surface area contributed by atoms with E-state index in [0.717, 1.165) is 25.7 Å². The summed E-state index contributed by atoms with van der Waals surface area (Å²) in [6, 6.07) is 10.1. The predicted molar refractivity (Wildman–Crippen MR) is 161 cm³/mol. The van der Waals surface area contributed by atoms with Gasteiger partial charge in [-0.05, 0) is 37.1 Å². The van der Waals surface area contributed by atoms with E-state index in [1.54, 1.807) is 36.4 Å². The van der Waals surface area contributed by atoms with Crippen molar-refractivity contribution in [3.63, 3.8) is 0 Å². The molecule has 11 nitrogen and oxygen atoms in total. The Morgan fingerprint density at radius 2 is 1.26 bits per heavy atom. The monoisotopic (exact) mass is 622 g/mol. The van der Waals surface area contributed by atoms with Crippen LogP contribution in [0.2, 0.25) is 20.1 Å². The van der Waals surface area contributed by atoms with E-state index in [4.69, 9.17) is 73.4 Å². The number of aldehydes is 1. The molecule has 0 saturated heterocycles. The van der Waals surface area contributed by atoms with E-state index in [1.165, 1.54) is 6.21 Å². The van der Waals surface area contributed by atoms with Crippen LogP contribution in [0, 0.1) is 0 Å². The van der Waals surface area contributed by atoms with Gasteiger partial charge in [-0.15, -0.1) is 10.2 Å². The first kappa shape index (κ1) is 36.2. The minimum Gasteiger partial charge on any atom is -0.367 e. The number of benzene rings is 2. The Morgan fingerprint density at radius 3 is 1.64 bits per heavy atom. The van der Waals surface area contributed by atoms with Crippen LogP contribution in [0.15, 0.2) is 51.7 Å². The lowest BCUT2D eigenvalue weighted by Crippen LogP contribution is -2.32. The van der Waals surface area contributed by atoms with Gasteiger partial charge in [0.05, 0.1) is 45.1 Å². The summed E-state index contributed by atoms with van der Waals surface area (Å²) in [5.74, 6) is 4.97. The number of hydrazone groups is 1. The number of nitrogens with two attached hydrogens (primary N) is 3. The fourth-order valence-electron chi connectivity index (χ4n) is 2.14. The Labute approximate surface area is 248 Å². The standard InChI is InChI=1S/C12H16Cl2N4O.C7H4Cl2O.C5H14N4O/c1-2-3-7-19-18-12(15)17-16-8-9-10(13)5-4-6-11(9)14;8-6-2-1-3-7(9)5(6)4-10;1-2-3-4-10-9-5(6)8-7/h4-6,8H,2-3,7H2,1H3,(H3,15,17,18);1-4H;2-4,7H2,1H3,(H3,6,8,9)/b16-8+;;. The highest BCUT2D eigenvalue weighted by Gasteiger charge is 2.02. The molecular formula is C24H34Cl4N8O3. The minimum atomic E-state index is 0.0653. The van der Waals surface area contributed by atoms with Crippen molar-refractivity contribution >= 4 is 70.8 Å². The van der Waals surface area contributed by atoms with Gasteiger partial charge in [0.15, 0.2) is 6.29 Å². The van der Waals surface area contributed by atoms with Crippen LogP contribution in [-0.2, 0) is 9.68 Å². The van der Waals surface area contributed by atoms with E-state index >= 15 is 0 Å². The number of carbonyl (C=O) groups excluding carboxylic acids is 1. The highest BCUT2D eigenvalue weighted by atomic mass is 35.5. The summed E-state index contributed by atoms with van der Waals surface area (Å²) in [7, 11) is 0. The van der Waals surface area contributed by atoms with Gasteiger partial charge in [0.1, 0.15) is 0 Å². The van der Waals surface area contributed by atoms with Crippen molar-refractivity contribution in [1.82, 2.24) is 11.0 Å². The highest BCUT2D eigenvalue weighted by molar-refractivity contribution is 6.39. The number of hydroxylamine groups is 2. The largest absolute Gasteiger partial charge is 0.367 e. The summed E-state index contributed by atoms with van der Waals surface area (Å²) in [6.07, 6.45) is 6.14. The highest BCUT2D eigenvalue weighted by Crippen LogP contribution is 2.22. The van der Waals surface area contributed by atoms with Crippen LogP contribution in [0.1, 0.15) is 55.5 Å².